The van der Waals surface area contributed by atoms with Gasteiger partial charge in [0.15, 0.2) is 0 Å². The fourth-order valence-electron chi connectivity index (χ4n) is 3.22. The Morgan fingerprint density at radius 3 is 2.45 bits per heavy atom. The minimum absolute atomic E-state index is 0.0692. The van der Waals surface area contributed by atoms with Crippen LogP contribution in [0.1, 0.15) is 51.4 Å². The summed E-state index contributed by atoms with van der Waals surface area (Å²) in [5.41, 5.74) is 0. The number of carbonyl (C=O) groups excluding carboxylic acids is 1. The summed E-state index contributed by atoms with van der Waals surface area (Å²) >= 11 is 0. The molecule has 0 spiro atoms. The first-order valence-electron chi connectivity index (χ1n) is 8.11. The summed E-state index contributed by atoms with van der Waals surface area (Å²) in [6.07, 6.45) is 13.9. The molecule has 4 heteroatoms. The molecule has 2 aliphatic rings. The maximum absolute atomic E-state index is 11.9. The maximum Gasteiger partial charge on any atom is 0.315 e. The molecule has 0 aromatic heterocycles. The molecule has 0 aromatic rings. The minimum Gasteiger partial charge on any atom is -0.396 e. The summed E-state index contributed by atoms with van der Waals surface area (Å²) in [7, 11) is 0. The SMILES string of the molecule is O=C(NCC1CCCCCCC1)N[C@@H]1C=C[C@H](CO)C1. The van der Waals surface area contributed by atoms with Crippen molar-refractivity contribution in [3.8, 4) is 0 Å². The number of rotatable bonds is 4. The van der Waals surface area contributed by atoms with Crippen molar-refractivity contribution in [2.75, 3.05) is 13.2 Å². The summed E-state index contributed by atoms with van der Waals surface area (Å²) in [4.78, 5) is 11.9. The Morgan fingerprint density at radius 1 is 1.10 bits per heavy atom. The molecule has 0 unspecified atom stereocenters. The van der Waals surface area contributed by atoms with Crippen molar-refractivity contribution in [1.82, 2.24) is 10.6 Å². The zero-order chi connectivity index (χ0) is 14.2. The van der Waals surface area contributed by atoms with Crippen molar-refractivity contribution < 1.29 is 9.90 Å². The number of urea groups is 1. The van der Waals surface area contributed by atoms with Crippen LogP contribution in [-0.2, 0) is 0 Å². The Labute approximate surface area is 122 Å². The number of carbonyl (C=O) groups is 1. The van der Waals surface area contributed by atoms with Crippen molar-refractivity contribution in [1.29, 1.82) is 0 Å². The number of hydrogen-bond donors (Lipinski definition) is 3. The average molecular weight is 280 g/mol. The molecule has 0 saturated heterocycles. The van der Waals surface area contributed by atoms with E-state index in [0.29, 0.717) is 5.92 Å². The van der Waals surface area contributed by atoms with Gasteiger partial charge in [-0.1, -0.05) is 44.3 Å². The van der Waals surface area contributed by atoms with Gasteiger partial charge in [-0.05, 0) is 25.2 Å². The van der Waals surface area contributed by atoms with Gasteiger partial charge in [-0.15, -0.1) is 0 Å². The summed E-state index contributed by atoms with van der Waals surface area (Å²) in [6.45, 7) is 0.962. The van der Waals surface area contributed by atoms with E-state index in [0.717, 1.165) is 13.0 Å². The smallest absolute Gasteiger partial charge is 0.315 e. The number of aliphatic hydroxyl groups excluding tert-OH is 1. The van der Waals surface area contributed by atoms with Gasteiger partial charge in [-0.3, -0.25) is 0 Å². The van der Waals surface area contributed by atoms with E-state index in [-0.39, 0.29) is 24.6 Å². The topological polar surface area (TPSA) is 61.4 Å². The van der Waals surface area contributed by atoms with Crippen molar-refractivity contribution in [2.45, 2.75) is 57.4 Å². The second-order valence-corrected chi connectivity index (χ2v) is 6.24. The van der Waals surface area contributed by atoms with Gasteiger partial charge in [0.2, 0.25) is 0 Å². The van der Waals surface area contributed by atoms with Crippen LogP contribution >= 0.6 is 0 Å². The molecular formula is C16H28N2O2. The Morgan fingerprint density at radius 2 is 1.80 bits per heavy atom. The van der Waals surface area contributed by atoms with Gasteiger partial charge < -0.3 is 15.7 Å². The summed E-state index contributed by atoms with van der Waals surface area (Å²) < 4.78 is 0. The highest BCUT2D eigenvalue weighted by Gasteiger charge is 2.20. The second kappa shape index (κ2) is 8.30. The maximum atomic E-state index is 11.9. The van der Waals surface area contributed by atoms with Gasteiger partial charge in [0.05, 0.1) is 0 Å². The van der Waals surface area contributed by atoms with Gasteiger partial charge in [0.25, 0.3) is 0 Å². The van der Waals surface area contributed by atoms with Crippen molar-refractivity contribution >= 4 is 6.03 Å². The van der Waals surface area contributed by atoms with Gasteiger partial charge >= 0.3 is 6.03 Å². The van der Waals surface area contributed by atoms with Crippen molar-refractivity contribution in [2.24, 2.45) is 11.8 Å². The summed E-state index contributed by atoms with van der Waals surface area (Å²) in [6, 6.07) is 0.00443. The molecular weight excluding hydrogens is 252 g/mol. The largest absolute Gasteiger partial charge is 0.396 e. The predicted molar refractivity (Wildman–Crippen MR) is 80.5 cm³/mol. The standard InChI is InChI=1S/C16H28N2O2/c19-12-14-8-9-15(10-14)18-16(20)17-11-13-6-4-2-1-3-5-7-13/h8-9,13-15,19H,1-7,10-12H2,(H2,17,18,20)/t14-,15+/m0/s1. The van der Waals surface area contributed by atoms with Crippen LogP contribution in [0.15, 0.2) is 12.2 Å². The summed E-state index contributed by atoms with van der Waals surface area (Å²) in [5, 5.41) is 15.0. The van der Waals surface area contributed by atoms with Crippen LogP contribution in [-0.4, -0.2) is 30.3 Å². The highest BCUT2D eigenvalue weighted by Crippen LogP contribution is 2.21. The second-order valence-electron chi connectivity index (χ2n) is 6.24. The third-order valence-corrected chi connectivity index (χ3v) is 4.50. The number of amides is 2. The van der Waals surface area contributed by atoms with E-state index in [9.17, 15) is 4.79 Å². The number of hydrogen-bond acceptors (Lipinski definition) is 2. The van der Waals surface area contributed by atoms with Crippen molar-refractivity contribution in [3.63, 3.8) is 0 Å². The number of aliphatic hydroxyl groups is 1. The first-order valence-corrected chi connectivity index (χ1v) is 8.11. The molecule has 114 valence electrons. The quantitative estimate of drug-likeness (QED) is 0.693. The van der Waals surface area contributed by atoms with E-state index in [1.807, 2.05) is 12.2 Å². The van der Waals surface area contributed by atoms with Crippen LogP contribution in [0.5, 0.6) is 0 Å². The summed E-state index contributed by atoms with van der Waals surface area (Å²) in [5.74, 6) is 0.844. The monoisotopic (exact) mass is 280 g/mol. The van der Waals surface area contributed by atoms with Crippen LogP contribution in [0, 0.1) is 11.8 Å². The van der Waals surface area contributed by atoms with E-state index < -0.39 is 0 Å². The lowest BCUT2D eigenvalue weighted by Gasteiger charge is -2.21. The molecule has 0 aliphatic heterocycles. The Hall–Kier alpha value is -1.03. The predicted octanol–water partition coefficient (Wildman–Crippen LogP) is 2.58. The van der Waals surface area contributed by atoms with E-state index in [1.54, 1.807) is 0 Å². The van der Waals surface area contributed by atoms with Crippen molar-refractivity contribution in [3.05, 3.63) is 12.2 Å². The molecule has 0 heterocycles. The van der Waals surface area contributed by atoms with E-state index in [4.69, 9.17) is 5.11 Å². The van der Waals surface area contributed by atoms with E-state index >= 15 is 0 Å². The van der Waals surface area contributed by atoms with Crippen LogP contribution in [0.3, 0.4) is 0 Å². The van der Waals surface area contributed by atoms with Gasteiger partial charge in [-0.2, -0.15) is 0 Å². The molecule has 0 bridgehead atoms. The molecule has 2 atom stereocenters. The Balaban J connectivity index is 1.63. The lowest BCUT2D eigenvalue weighted by Crippen LogP contribution is -2.42. The molecule has 4 nitrogen and oxygen atoms in total. The molecule has 1 saturated carbocycles. The van der Waals surface area contributed by atoms with Gasteiger partial charge in [0.1, 0.15) is 0 Å². The molecule has 0 radical (unpaired) electrons. The highest BCUT2D eigenvalue weighted by molar-refractivity contribution is 5.74. The number of nitrogens with one attached hydrogen (secondary N) is 2. The lowest BCUT2D eigenvalue weighted by atomic mass is 9.91. The molecule has 20 heavy (non-hydrogen) atoms. The third-order valence-electron chi connectivity index (χ3n) is 4.50. The Bertz CT molecular complexity index is 322. The highest BCUT2D eigenvalue weighted by atomic mass is 16.3. The van der Waals surface area contributed by atoms with Gasteiger partial charge in [-0.25, -0.2) is 4.79 Å². The minimum atomic E-state index is -0.0692. The van der Waals surface area contributed by atoms with E-state index in [1.165, 1.54) is 44.9 Å². The van der Waals surface area contributed by atoms with Crippen LogP contribution in [0.2, 0.25) is 0 Å². The zero-order valence-corrected chi connectivity index (χ0v) is 12.3. The van der Waals surface area contributed by atoms with Crippen LogP contribution < -0.4 is 10.6 Å². The fourth-order valence-corrected chi connectivity index (χ4v) is 3.22. The first kappa shape index (κ1) is 15.4. The molecule has 1 fully saturated rings. The first-order chi connectivity index (χ1) is 9.78. The molecule has 3 N–H and O–H groups in total. The molecule has 2 amide bonds. The molecule has 0 aromatic carbocycles. The molecule has 2 aliphatic carbocycles. The van der Waals surface area contributed by atoms with E-state index in [2.05, 4.69) is 10.6 Å². The zero-order valence-electron chi connectivity index (χ0n) is 12.3. The van der Waals surface area contributed by atoms with Gasteiger partial charge in [0, 0.05) is 25.1 Å². The lowest BCUT2D eigenvalue weighted by molar-refractivity contribution is 0.228. The fraction of sp³-hybridized carbons (Fsp3) is 0.812. The third kappa shape index (κ3) is 5.16. The average Bonchev–Trinajstić information content (AvgIpc) is 2.85. The molecule has 2 rings (SSSR count). The van der Waals surface area contributed by atoms with Crippen LogP contribution in [0.25, 0.3) is 0 Å². The van der Waals surface area contributed by atoms with Crippen LogP contribution in [0.4, 0.5) is 4.79 Å². The normalized spacial score (nSPS) is 27.9. The Kier molecular flexibility index (Phi) is 6.37.